The monoisotopic (exact) mass is 1100 g/mol. The van der Waals surface area contributed by atoms with Gasteiger partial charge in [-0.05, 0) is 51.4 Å². The Kier molecular flexibility index (Phi) is 66.9. The van der Waals surface area contributed by atoms with Crippen LogP contribution in [0.1, 0.15) is 412 Å². The van der Waals surface area contributed by atoms with E-state index in [1.165, 1.54) is 340 Å². The minimum absolute atomic E-state index is 0.0125. The number of ether oxygens (including phenoxy) is 1. The van der Waals surface area contributed by atoms with Crippen molar-refractivity contribution in [2.75, 3.05) is 13.2 Å². The predicted octanol–water partition coefficient (Wildman–Crippen LogP) is 23.1. The van der Waals surface area contributed by atoms with Gasteiger partial charge in [-0.25, -0.2) is 0 Å². The van der Waals surface area contributed by atoms with Crippen LogP contribution in [0.3, 0.4) is 0 Å². The van der Waals surface area contributed by atoms with Crippen molar-refractivity contribution in [3.05, 3.63) is 12.2 Å². The van der Waals surface area contributed by atoms with Crippen molar-refractivity contribution >= 4 is 11.9 Å². The van der Waals surface area contributed by atoms with Crippen LogP contribution < -0.4 is 5.32 Å². The Morgan fingerprint density at radius 1 is 0.346 bits per heavy atom. The van der Waals surface area contributed by atoms with Crippen LogP contribution in [-0.2, 0) is 14.3 Å². The van der Waals surface area contributed by atoms with Crippen LogP contribution in [0.2, 0.25) is 0 Å². The van der Waals surface area contributed by atoms with Crippen molar-refractivity contribution in [2.24, 2.45) is 0 Å². The number of hydrogen-bond donors (Lipinski definition) is 3. The van der Waals surface area contributed by atoms with Gasteiger partial charge in [0.15, 0.2) is 0 Å². The van der Waals surface area contributed by atoms with Crippen LogP contribution in [0, 0.1) is 0 Å². The topological polar surface area (TPSA) is 95.9 Å². The van der Waals surface area contributed by atoms with Crippen molar-refractivity contribution in [2.45, 2.75) is 424 Å². The molecule has 3 N–H and O–H groups in total. The smallest absolute Gasteiger partial charge is 0.305 e. The zero-order chi connectivity index (χ0) is 56.4. The number of esters is 1. The minimum Gasteiger partial charge on any atom is -0.466 e. The Morgan fingerprint density at radius 2 is 0.603 bits per heavy atom. The molecule has 2 atom stereocenters. The Balaban J connectivity index is 3.40. The molecule has 0 aromatic heterocycles. The minimum atomic E-state index is -0.671. The highest BCUT2D eigenvalue weighted by atomic mass is 16.5. The van der Waals surface area contributed by atoms with Gasteiger partial charge < -0.3 is 20.3 Å². The Labute approximate surface area is 489 Å². The molecule has 0 heterocycles. The van der Waals surface area contributed by atoms with E-state index in [1.54, 1.807) is 0 Å². The molecule has 2 unspecified atom stereocenters. The van der Waals surface area contributed by atoms with Crippen LogP contribution in [-0.4, -0.2) is 47.4 Å². The zero-order valence-corrected chi connectivity index (χ0v) is 53.2. The summed E-state index contributed by atoms with van der Waals surface area (Å²) in [7, 11) is 0. The van der Waals surface area contributed by atoms with Crippen molar-refractivity contribution < 1.29 is 24.5 Å². The lowest BCUT2D eigenvalue weighted by Crippen LogP contribution is -2.45. The molecule has 1 amide bonds. The van der Waals surface area contributed by atoms with Crippen molar-refractivity contribution in [1.82, 2.24) is 5.32 Å². The first-order valence-electron chi connectivity index (χ1n) is 35.9. The van der Waals surface area contributed by atoms with Gasteiger partial charge in [0.25, 0.3) is 0 Å². The second kappa shape index (κ2) is 68.1. The zero-order valence-electron chi connectivity index (χ0n) is 53.2. The molecule has 78 heavy (non-hydrogen) atoms. The number of hydrogen-bond acceptors (Lipinski definition) is 5. The van der Waals surface area contributed by atoms with Crippen LogP contribution in [0.25, 0.3) is 0 Å². The molecule has 0 aromatic carbocycles. The summed E-state index contributed by atoms with van der Waals surface area (Å²) < 4.78 is 5.51. The van der Waals surface area contributed by atoms with Gasteiger partial charge >= 0.3 is 5.97 Å². The molecular formula is C72H141NO5. The van der Waals surface area contributed by atoms with Crippen molar-refractivity contribution in [1.29, 1.82) is 0 Å². The summed E-state index contributed by atoms with van der Waals surface area (Å²) in [5, 5.41) is 23.4. The molecule has 0 saturated carbocycles. The van der Waals surface area contributed by atoms with Gasteiger partial charge in [0.05, 0.1) is 25.4 Å². The van der Waals surface area contributed by atoms with E-state index in [-0.39, 0.29) is 18.5 Å². The van der Waals surface area contributed by atoms with Gasteiger partial charge in [-0.15, -0.1) is 0 Å². The fourth-order valence-corrected chi connectivity index (χ4v) is 11.6. The molecule has 0 aliphatic carbocycles. The molecular weight excluding hydrogens is 959 g/mol. The third-order valence-electron chi connectivity index (χ3n) is 17.1. The van der Waals surface area contributed by atoms with Crippen LogP contribution in [0.5, 0.6) is 0 Å². The van der Waals surface area contributed by atoms with Gasteiger partial charge in [-0.3, -0.25) is 9.59 Å². The Morgan fingerprint density at radius 3 is 0.910 bits per heavy atom. The number of allylic oxidation sites excluding steroid dienone is 2. The number of rotatable bonds is 68. The van der Waals surface area contributed by atoms with E-state index < -0.39 is 12.1 Å². The van der Waals surface area contributed by atoms with Gasteiger partial charge in [-0.1, -0.05) is 360 Å². The normalized spacial score (nSPS) is 12.5. The molecule has 0 bridgehead atoms. The highest BCUT2D eigenvalue weighted by Gasteiger charge is 2.20. The second-order valence-electron chi connectivity index (χ2n) is 24.9. The highest BCUT2D eigenvalue weighted by Crippen LogP contribution is 2.19. The molecule has 0 spiro atoms. The van der Waals surface area contributed by atoms with E-state index in [0.29, 0.717) is 25.9 Å². The van der Waals surface area contributed by atoms with E-state index in [2.05, 4.69) is 31.3 Å². The van der Waals surface area contributed by atoms with Gasteiger partial charge in [0, 0.05) is 12.8 Å². The van der Waals surface area contributed by atoms with Crippen LogP contribution in [0.4, 0.5) is 0 Å². The van der Waals surface area contributed by atoms with Crippen molar-refractivity contribution in [3.8, 4) is 0 Å². The number of nitrogens with one attached hydrogen (secondary N) is 1. The lowest BCUT2D eigenvalue weighted by Gasteiger charge is -2.22. The summed E-state index contributed by atoms with van der Waals surface area (Å²) >= 11 is 0. The molecule has 0 rings (SSSR count). The van der Waals surface area contributed by atoms with Gasteiger partial charge in [-0.2, -0.15) is 0 Å². The molecule has 6 nitrogen and oxygen atoms in total. The average molecular weight is 1100 g/mol. The standard InChI is InChI=1S/C72H141NO5/c1-3-5-7-9-11-13-15-17-19-21-23-24-25-29-32-36-40-44-48-52-56-60-64-70(75)69(68-74)73-71(76)65-61-57-53-49-45-41-37-33-30-26-27-31-35-39-43-47-51-55-59-63-67-78-72(77)66-62-58-54-50-46-42-38-34-28-22-20-18-16-14-12-10-8-6-4-2/h26,30,69-70,74-75H,3-25,27-29,31-68H2,1-2H3,(H,73,76)/b30-26-. The third-order valence-corrected chi connectivity index (χ3v) is 17.1. The first kappa shape index (κ1) is 76.6. The number of amides is 1. The summed E-state index contributed by atoms with van der Waals surface area (Å²) in [6.07, 6.45) is 84.0. The van der Waals surface area contributed by atoms with Crippen LogP contribution >= 0.6 is 0 Å². The SMILES string of the molecule is CCCCCCCCCCCCCCCCCCCCCCCCC(O)C(CO)NC(=O)CCCCCCCCC/C=C\CCCCCCCCCCCOC(=O)CCCCCCCCCCCCCCCCCCCCC. The van der Waals surface area contributed by atoms with E-state index in [4.69, 9.17) is 4.74 Å². The molecule has 0 aliphatic rings. The third kappa shape index (κ3) is 63.8. The number of carbonyl (C=O) groups excluding carboxylic acids is 2. The summed E-state index contributed by atoms with van der Waals surface area (Å²) in [5.74, 6) is -0.0261. The van der Waals surface area contributed by atoms with E-state index in [0.717, 1.165) is 38.5 Å². The fourth-order valence-electron chi connectivity index (χ4n) is 11.6. The number of carbonyl (C=O) groups is 2. The molecule has 6 heteroatoms. The molecule has 0 aliphatic heterocycles. The number of unbranched alkanes of at least 4 members (excludes halogenated alkanes) is 55. The van der Waals surface area contributed by atoms with Gasteiger partial charge in [0.1, 0.15) is 0 Å². The first-order valence-corrected chi connectivity index (χ1v) is 35.9. The second-order valence-corrected chi connectivity index (χ2v) is 24.9. The maximum atomic E-state index is 12.5. The van der Waals surface area contributed by atoms with E-state index >= 15 is 0 Å². The van der Waals surface area contributed by atoms with E-state index in [9.17, 15) is 19.8 Å². The highest BCUT2D eigenvalue weighted by molar-refractivity contribution is 5.76. The molecule has 0 saturated heterocycles. The summed E-state index contributed by atoms with van der Waals surface area (Å²) in [6, 6.07) is -0.549. The molecule has 0 aromatic rings. The molecule has 0 radical (unpaired) electrons. The fraction of sp³-hybridized carbons (Fsp3) is 0.944. The van der Waals surface area contributed by atoms with Gasteiger partial charge in [0.2, 0.25) is 5.91 Å². The lowest BCUT2D eigenvalue weighted by molar-refractivity contribution is -0.143. The summed E-state index contributed by atoms with van der Waals surface area (Å²) in [4.78, 5) is 24.7. The number of aliphatic hydroxyl groups excluding tert-OH is 2. The largest absolute Gasteiger partial charge is 0.466 e. The maximum Gasteiger partial charge on any atom is 0.305 e. The average Bonchev–Trinajstić information content (AvgIpc) is 3.44. The predicted molar refractivity (Wildman–Crippen MR) is 343 cm³/mol. The quantitative estimate of drug-likeness (QED) is 0.0320. The molecule has 0 fully saturated rings. The van der Waals surface area contributed by atoms with Crippen LogP contribution in [0.15, 0.2) is 12.2 Å². The first-order chi connectivity index (χ1) is 38.5. The number of aliphatic hydroxyl groups is 2. The van der Waals surface area contributed by atoms with E-state index in [1.807, 2.05) is 0 Å². The Hall–Kier alpha value is -1.40. The lowest BCUT2D eigenvalue weighted by atomic mass is 10.0. The summed E-state index contributed by atoms with van der Waals surface area (Å²) in [5.41, 5.74) is 0. The molecule has 464 valence electrons. The van der Waals surface area contributed by atoms with Crippen molar-refractivity contribution in [3.63, 3.8) is 0 Å². The maximum absolute atomic E-state index is 12.5. The Bertz CT molecular complexity index is 1180. The summed E-state index contributed by atoms with van der Waals surface area (Å²) in [6.45, 7) is 4.99.